The summed E-state index contributed by atoms with van der Waals surface area (Å²) in [5.74, 6) is -0.503. The molecule has 1 heterocycles. The summed E-state index contributed by atoms with van der Waals surface area (Å²) in [5.41, 5.74) is 0.432. The number of amides is 2. The maximum Gasteiger partial charge on any atom is 0.313 e. The normalized spacial score (nSPS) is 13.8. The Morgan fingerprint density at radius 1 is 1.32 bits per heavy atom. The van der Waals surface area contributed by atoms with Crippen LogP contribution < -0.4 is 20.1 Å². The number of anilines is 1. The fourth-order valence-corrected chi connectivity index (χ4v) is 1.48. The first kappa shape index (κ1) is 13.2. The maximum absolute atomic E-state index is 11.5. The molecule has 7 nitrogen and oxygen atoms in total. The number of hydrogen-bond acceptors (Lipinski definition) is 5. The number of hydrogen-bond donors (Lipinski definition) is 3. The van der Waals surface area contributed by atoms with Gasteiger partial charge in [0, 0.05) is 18.3 Å². The summed E-state index contributed by atoms with van der Waals surface area (Å²) in [7, 11) is 0. The van der Waals surface area contributed by atoms with Crippen molar-refractivity contribution >= 4 is 17.5 Å². The van der Waals surface area contributed by atoms with E-state index in [-0.39, 0.29) is 13.3 Å². The molecule has 1 unspecified atom stereocenters. The zero-order valence-electron chi connectivity index (χ0n) is 10.3. The van der Waals surface area contributed by atoms with Crippen molar-refractivity contribution in [2.45, 2.75) is 13.0 Å². The molecule has 0 saturated heterocycles. The van der Waals surface area contributed by atoms with Crippen LogP contribution in [0.1, 0.15) is 6.92 Å². The second-order valence-electron chi connectivity index (χ2n) is 4.08. The van der Waals surface area contributed by atoms with Crippen LogP contribution in [0.25, 0.3) is 0 Å². The number of nitrogens with one attached hydrogen (secondary N) is 2. The van der Waals surface area contributed by atoms with E-state index in [0.29, 0.717) is 17.2 Å². The lowest BCUT2D eigenvalue weighted by atomic mass is 10.2. The number of aliphatic hydroxyl groups excluding tert-OH is 1. The molecule has 0 bridgehead atoms. The van der Waals surface area contributed by atoms with Crippen LogP contribution in [0.5, 0.6) is 11.5 Å². The average molecular weight is 266 g/mol. The molecule has 7 heteroatoms. The first-order valence-electron chi connectivity index (χ1n) is 5.73. The van der Waals surface area contributed by atoms with Crippen molar-refractivity contribution in [3.63, 3.8) is 0 Å². The highest BCUT2D eigenvalue weighted by atomic mass is 16.7. The van der Waals surface area contributed by atoms with E-state index < -0.39 is 17.9 Å². The van der Waals surface area contributed by atoms with E-state index in [0.717, 1.165) is 0 Å². The molecule has 102 valence electrons. The Balaban J connectivity index is 1.93. The average Bonchev–Trinajstić information content (AvgIpc) is 2.83. The lowest BCUT2D eigenvalue weighted by molar-refractivity contribution is -0.136. The lowest BCUT2D eigenvalue weighted by Crippen LogP contribution is -2.38. The quantitative estimate of drug-likeness (QED) is 0.661. The van der Waals surface area contributed by atoms with E-state index >= 15 is 0 Å². The van der Waals surface area contributed by atoms with Gasteiger partial charge in [0.15, 0.2) is 11.5 Å². The summed E-state index contributed by atoms with van der Waals surface area (Å²) < 4.78 is 10.3. The van der Waals surface area contributed by atoms with Crippen molar-refractivity contribution < 1.29 is 24.2 Å². The molecule has 0 aliphatic carbocycles. The third-order valence-electron chi connectivity index (χ3n) is 2.39. The number of carbonyl (C=O) groups is 2. The van der Waals surface area contributed by atoms with E-state index in [9.17, 15) is 9.59 Å². The number of carbonyl (C=O) groups excluding carboxylic acids is 2. The van der Waals surface area contributed by atoms with Crippen LogP contribution >= 0.6 is 0 Å². The predicted molar refractivity (Wildman–Crippen MR) is 65.9 cm³/mol. The largest absolute Gasteiger partial charge is 0.454 e. The van der Waals surface area contributed by atoms with Crippen molar-refractivity contribution in [1.82, 2.24) is 5.32 Å². The van der Waals surface area contributed by atoms with Crippen LogP contribution in [0.4, 0.5) is 5.69 Å². The summed E-state index contributed by atoms with van der Waals surface area (Å²) in [6.07, 6.45) is -0.706. The zero-order chi connectivity index (χ0) is 13.8. The number of rotatable bonds is 3. The summed E-state index contributed by atoms with van der Waals surface area (Å²) in [5, 5.41) is 13.7. The zero-order valence-corrected chi connectivity index (χ0v) is 10.3. The van der Waals surface area contributed by atoms with Crippen molar-refractivity contribution in [2.24, 2.45) is 0 Å². The van der Waals surface area contributed by atoms with E-state index in [1.165, 1.54) is 6.92 Å². The summed E-state index contributed by atoms with van der Waals surface area (Å²) in [6.45, 7) is 1.67. The molecular formula is C12H14N2O5. The van der Waals surface area contributed by atoms with Crippen LogP contribution in [-0.4, -0.2) is 36.4 Å². The molecule has 1 aromatic rings. The third kappa shape index (κ3) is 3.35. The summed E-state index contributed by atoms with van der Waals surface area (Å²) in [6, 6.07) is 4.82. The molecule has 0 aromatic heterocycles. The van der Waals surface area contributed by atoms with Gasteiger partial charge >= 0.3 is 11.8 Å². The van der Waals surface area contributed by atoms with Gasteiger partial charge in [-0.25, -0.2) is 0 Å². The van der Waals surface area contributed by atoms with Gasteiger partial charge in [-0.05, 0) is 19.1 Å². The van der Waals surface area contributed by atoms with Crippen molar-refractivity contribution in [3.8, 4) is 11.5 Å². The molecule has 0 saturated carbocycles. The fraction of sp³-hybridized carbons (Fsp3) is 0.333. The molecule has 1 aromatic carbocycles. The third-order valence-corrected chi connectivity index (χ3v) is 2.39. The van der Waals surface area contributed by atoms with Crippen molar-refractivity contribution in [1.29, 1.82) is 0 Å². The number of fused-ring (bicyclic) bond motifs is 1. The van der Waals surface area contributed by atoms with Gasteiger partial charge < -0.3 is 25.2 Å². The highest BCUT2D eigenvalue weighted by Gasteiger charge is 2.17. The molecule has 0 fully saturated rings. The highest BCUT2D eigenvalue weighted by Crippen LogP contribution is 2.34. The van der Waals surface area contributed by atoms with E-state index in [1.807, 2.05) is 0 Å². The Bertz CT molecular complexity index is 501. The first-order valence-corrected chi connectivity index (χ1v) is 5.73. The number of aliphatic hydroxyl groups is 1. The SMILES string of the molecule is CC(O)CNC(=O)C(=O)Nc1ccc2c(c1)OCO2. The second kappa shape index (κ2) is 5.57. The van der Waals surface area contributed by atoms with Gasteiger partial charge in [-0.1, -0.05) is 0 Å². The minimum atomic E-state index is -0.807. The lowest BCUT2D eigenvalue weighted by Gasteiger charge is -2.08. The first-order chi connectivity index (χ1) is 9.06. The smallest absolute Gasteiger partial charge is 0.313 e. The highest BCUT2D eigenvalue weighted by molar-refractivity contribution is 6.39. The number of benzene rings is 1. The van der Waals surface area contributed by atoms with Crippen LogP contribution in [0.15, 0.2) is 18.2 Å². The summed E-state index contributed by atoms with van der Waals surface area (Å²) >= 11 is 0. The van der Waals surface area contributed by atoms with Gasteiger partial charge in [-0.2, -0.15) is 0 Å². The Kier molecular flexibility index (Phi) is 3.86. The fourth-order valence-electron chi connectivity index (χ4n) is 1.48. The Hall–Kier alpha value is -2.28. The molecule has 2 rings (SSSR count). The van der Waals surface area contributed by atoms with Crippen LogP contribution in [0.3, 0.4) is 0 Å². The van der Waals surface area contributed by atoms with Crippen LogP contribution in [-0.2, 0) is 9.59 Å². The topological polar surface area (TPSA) is 96.9 Å². The van der Waals surface area contributed by atoms with Crippen molar-refractivity contribution in [2.75, 3.05) is 18.7 Å². The molecule has 0 spiro atoms. The predicted octanol–water partition coefficient (Wildman–Crippen LogP) is -0.149. The molecule has 1 atom stereocenters. The van der Waals surface area contributed by atoms with Gasteiger partial charge in [0.2, 0.25) is 6.79 Å². The van der Waals surface area contributed by atoms with Gasteiger partial charge in [0.25, 0.3) is 0 Å². The van der Waals surface area contributed by atoms with Gasteiger partial charge in [-0.15, -0.1) is 0 Å². The van der Waals surface area contributed by atoms with Gasteiger partial charge in [0.1, 0.15) is 0 Å². The Morgan fingerprint density at radius 2 is 2.05 bits per heavy atom. The maximum atomic E-state index is 11.5. The van der Waals surface area contributed by atoms with Crippen molar-refractivity contribution in [3.05, 3.63) is 18.2 Å². The molecule has 0 radical (unpaired) electrons. The summed E-state index contributed by atoms with van der Waals surface area (Å²) in [4.78, 5) is 22.9. The van der Waals surface area contributed by atoms with E-state index in [1.54, 1.807) is 18.2 Å². The van der Waals surface area contributed by atoms with Crippen LogP contribution in [0, 0.1) is 0 Å². The molecule has 2 amide bonds. The van der Waals surface area contributed by atoms with Gasteiger partial charge in [-0.3, -0.25) is 9.59 Å². The minimum Gasteiger partial charge on any atom is -0.454 e. The minimum absolute atomic E-state index is 0.0212. The number of ether oxygens (including phenoxy) is 2. The molecule has 3 N–H and O–H groups in total. The van der Waals surface area contributed by atoms with E-state index in [2.05, 4.69) is 10.6 Å². The Morgan fingerprint density at radius 3 is 2.79 bits per heavy atom. The van der Waals surface area contributed by atoms with E-state index in [4.69, 9.17) is 14.6 Å². The van der Waals surface area contributed by atoms with Crippen LogP contribution in [0.2, 0.25) is 0 Å². The standard InChI is InChI=1S/C12H14N2O5/c1-7(15)5-13-11(16)12(17)14-8-2-3-9-10(4-8)19-6-18-9/h2-4,7,15H,5-6H2,1H3,(H,13,16)(H,14,17). The molecule has 1 aliphatic heterocycles. The molecule has 19 heavy (non-hydrogen) atoms. The molecule has 1 aliphatic rings. The molecular weight excluding hydrogens is 252 g/mol. The van der Waals surface area contributed by atoms with Gasteiger partial charge in [0.05, 0.1) is 6.10 Å². The monoisotopic (exact) mass is 266 g/mol. The Labute approximate surface area is 109 Å². The second-order valence-corrected chi connectivity index (χ2v) is 4.08.